The molecule has 154 valence electrons. The lowest BCUT2D eigenvalue weighted by Crippen LogP contribution is -2.49. The molecule has 1 saturated heterocycles. The van der Waals surface area contributed by atoms with Crippen LogP contribution in [0.3, 0.4) is 0 Å². The molecule has 0 saturated carbocycles. The first-order valence-electron chi connectivity index (χ1n) is 9.80. The van der Waals surface area contributed by atoms with E-state index in [1.807, 2.05) is 6.07 Å². The monoisotopic (exact) mass is 412 g/mol. The van der Waals surface area contributed by atoms with Crippen molar-refractivity contribution in [1.82, 2.24) is 15.5 Å². The van der Waals surface area contributed by atoms with Gasteiger partial charge >= 0.3 is 6.09 Å². The molecule has 0 aliphatic carbocycles. The lowest BCUT2D eigenvalue weighted by atomic mass is 10.1. The molecule has 1 heterocycles. The lowest BCUT2D eigenvalue weighted by Gasteiger charge is -2.32. The first kappa shape index (κ1) is 21.0. The number of aliphatic imine (C=N–C) groups is 1. The van der Waals surface area contributed by atoms with Crippen LogP contribution < -0.4 is 10.6 Å². The second-order valence-electron chi connectivity index (χ2n) is 6.86. The highest BCUT2D eigenvalue weighted by atomic mass is 32.2. The summed E-state index contributed by atoms with van der Waals surface area (Å²) in [5, 5.41) is 6.83. The number of nitrogens with one attached hydrogen (secondary N) is 2. The Morgan fingerprint density at radius 1 is 1.10 bits per heavy atom. The Morgan fingerprint density at radius 3 is 2.38 bits per heavy atom. The number of carbonyl (C=O) groups excluding carboxylic acids is 1. The number of rotatable bonds is 5. The molecule has 0 atom stereocenters. The molecule has 29 heavy (non-hydrogen) atoms. The fraction of sp³-hybridized carbons (Fsp3) is 0.364. The second-order valence-corrected chi connectivity index (χ2v) is 8.01. The Hall–Kier alpha value is -2.67. The molecule has 2 aromatic rings. The molecule has 0 unspecified atom stereocenters. The third-order valence-corrected chi connectivity index (χ3v) is 5.87. The largest absolute Gasteiger partial charge is 0.453 e. The number of benzene rings is 2. The van der Waals surface area contributed by atoms with E-state index in [1.165, 1.54) is 22.5 Å². The van der Waals surface area contributed by atoms with E-state index in [4.69, 9.17) is 4.74 Å². The van der Waals surface area contributed by atoms with Gasteiger partial charge in [0.1, 0.15) is 0 Å². The molecule has 7 heteroatoms. The molecule has 0 bridgehead atoms. The SMILES string of the molecule is CN=C(NCc1ccc(Sc2ccccc2)cc1)NC1CCN(C(=O)OC)CC1. The maximum atomic E-state index is 11.6. The van der Waals surface area contributed by atoms with Crippen LogP contribution >= 0.6 is 11.8 Å². The van der Waals surface area contributed by atoms with E-state index >= 15 is 0 Å². The number of hydrogen-bond donors (Lipinski definition) is 2. The average molecular weight is 413 g/mol. The van der Waals surface area contributed by atoms with Crippen molar-refractivity contribution in [3.63, 3.8) is 0 Å². The van der Waals surface area contributed by atoms with Crippen molar-refractivity contribution in [2.24, 2.45) is 4.99 Å². The molecular formula is C22H28N4O2S. The first-order chi connectivity index (χ1) is 14.2. The van der Waals surface area contributed by atoms with Gasteiger partial charge in [0, 0.05) is 42.5 Å². The fourth-order valence-corrected chi connectivity index (χ4v) is 4.05. The van der Waals surface area contributed by atoms with Crippen LogP contribution in [0.2, 0.25) is 0 Å². The summed E-state index contributed by atoms with van der Waals surface area (Å²) in [5.41, 5.74) is 1.20. The predicted octanol–water partition coefficient (Wildman–Crippen LogP) is 3.73. The Labute approximate surface area is 176 Å². The molecule has 0 spiro atoms. The van der Waals surface area contributed by atoms with Crippen molar-refractivity contribution in [2.75, 3.05) is 27.2 Å². The highest BCUT2D eigenvalue weighted by Gasteiger charge is 2.23. The zero-order chi connectivity index (χ0) is 20.5. The summed E-state index contributed by atoms with van der Waals surface area (Å²) in [7, 11) is 3.20. The predicted molar refractivity (Wildman–Crippen MR) is 117 cm³/mol. The van der Waals surface area contributed by atoms with Crippen molar-refractivity contribution in [1.29, 1.82) is 0 Å². The van der Waals surface area contributed by atoms with E-state index in [9.17, 15) is 4.79 Å². The molecule has 1 aliphatic rings. The number of guanidine groups is 1. The number of piperidine rings is 1. The topological polar surface area (TPSA) is 66.0 Å². The normalized spacial score (nSPS) is 15.1. The van der Waals surface area contributed by atoms with Crippen LogP contribution in [0, 0.1) is 0 Å². The molecule has 2 N–H and O–H groups in total. The number of hydrogen-bond acceptors (Lipinski definition) is 4. The van der Waals surface area contributed by atoms with E-state index in [2.05, 4.69) is 64.2 Å². The number of amides is 1. The number of ether oxygens (including phenoxy) is 1. The third-order valence-electron chi connectivity index (χ3n) is 4.85. The van der Waals surface area contributed by atoms with E-state index in [1.54, 1.807) is 23.7 Å². The molecule has 0 radical (unpaired) electrons. The highest BCUT2D eigenvalue weighted by molar-refractivity contribution is 7.99. The van der Waals surface area contributed by atoms with Gasteiger partial charge in [0.2, 0.25) is 0 Å². The minimum absolute atomic E-state index is 0.250. The van der Waals surface area contributed by atoms with Crippen LogP contribution in [0.5, 0.6) is 0 Å². The van der Waals surface area contributed by atoms with Gasteiger partial charge in [-0.05, 0) is 42.7 Å². The standard InChI is InChI=1S/C22H28N4O2S/c1-23-21(25-18-12-14-26(15-13-18)22(27)28-2)24-16-17-8-10-20(11-9-17)29-19-6-4-3-5-7-19/h3-11,18H,12-16H2,1-2H3,(H2,23,24,25). The van der Waals surface area contributed by atoms with E-state index in [0.717, 1.165) is 18.8 Å². The van der Waals surface area contributed by atoms with Crippen molar-refractivity contribution in [3.05, 3.63) is 60.2 Å². The molecular weight excluding hydrogens is 384 g/mol. The fourth-order valence-electron chi connectivity index (χ4n) is 3.21. The quantitative estimate of drug-likeness (QED) is 0.579. The van der Waals surface area contributed by atoms with E-state index in [0.29, 0.717) is 25.7 Å². The summed E-state index contributed by atoms with van der Waals surface area (Å²) in [6.07, 6.45) is 1.50. The second kappa shape index (κ2) is 10.8. The summed E-state index contributed by atoms with van der Waals surface area (Å²) in [5.74, 6) is 0.782. The van der Waals surface area contributed by atoms with Gasteiger partial charge in [-0.25, -0.2) is 4.79 Å². The maximum absolute atomic E-state index is 11.6. The summed E-state index contributed by atoms with van der Waals surface area (Å²) in [6, 6.07) is 19.2. The summed E-state index contributed by atoms with van der Waals surface area (Å²) >= 11 is 1.76. The Bertz CT molecular complexity index is 803. The summed E-state index contributed by atoms with van der Waals surface area (Å²) in [6.45, 7) is 2.10. The molecule has 1 aliphatic heterocycles. The van der Waals surface area contributed by atoms with Crippen molar-refractivity contribution < 1.29 is 9.53 Å². The zero-order valence-corrected chi connectivity index (χ0v) is 17.7. The highest BCUT2D eigenvalue weighted by Crippen LogP contribution is 2.27. The number of nitrogens with zero attached hydrogens (tertiary/aromatic N) is 2. The average Bonchev–Trinajstić information content (AvgIpc) is 2.78. The van der Waals surface area contributed by atoms with Crippen LogP contribution in [0.25, 0.3) is 0 Å². The van der Waals surface area contributed by atoms with Gasteiger partial charge in [-0.15, -0.1) is 0 Å². The van der Waals surface area contributed by atoms with Gasteiger partial charge in [0.05, 0.1) is 7.11 Å². The third kappa shape index (κ3) is 6.42. The maximum Gasteiger partial charge on any atom is 0.409 e. The molecule has 1 fully saturated rings. The Kier molecular flexibility index (Phi) is 7.81. The van der Waals surface area contributed by atoms with Crippen molar-refractivity contribution in [2.45, 2.75) is 35.2 Å². The summed E-state index contributed by atoms with van der Waals surface area (Å²) < 4.78 is 4.79. The number of likely N-dealkylation sites (tertiary alicyclic amines) is 1. The van der Waals surface area contributed by atoms with Gasteiger partial charge in [-0.1, -0.05) is 42.1 Å². The Morgan fingerprint density at radius 2 is 1.76 bits per heavy atom. The Balaban J connectivity index is 1.44. The molecule has 6 nitrogen and oxygen atoms in total. The van der Waals surface area contributed by atoms with Gasteiger partial charge in [-0.2, -0.15) is 0 Å². The number of methoxy groups -OCH3 is 1. The zero-order valence-electron chi connectivity index (χ0n) is 16.9. The van der Waals surface area contributed by atoms with Crippen molar-refractivity contribution in [3.8, 4) is 0 Å². The van der Waals surface area contributed by atoms with Gasteiger partial charge in [0.15, 0.2) is 5.96 Å². The number of carbonyl (C=O) groups is 1. The van der Waals surface area contributed by atoms with Crippen molar-refractivity contribution >= 4 is 23.8 Å². The van der Waals surface area contributed by atoms with Crippen LogP contribution in [0.1, 0.15) is 18.4 Å². The molecule has 0 aromatic heterocycles. The van der Waals surface area contributed by atoms with Crippen LogP contribution in [0.4, 0.5) is 4.79 Å². The van der Waals surface area contributed by atoms with Crippen LogP contribution in [0.15, 0.2) is 69.4 Å². The van der Waals surface area contributed by atoms with Gasteiger partial charge in [0.25, 0.3) is 0 Å². The van der Waals surface area contributed by atoms with E-state index < -0.39 is 0 Å². The van der Waals surface area contributed by atoms with Gasteiger partial charge < -0.3 is 20.3 Å². The molecule has 1 amide bonds. The minimum Gasteiger partial charge on any atom is -0.453 e. The van der Waals surface area contributed by atoms with Gasteiger partial charge in [-0.3, -0.25) is 4.99 Å². The minimum atomic E-state index is -0.250. The molecule has 3 rings (SSSR count). The van der Waals surface area contributed by atoms with E-state index in [-0.39, 0.29) is 6.09 Å². The summed E-state index contributed by atoms with van der Waals surface area (Å²) in [4.78, 5) is 20.1. The van der Waals surface area contributed by atoms with Crippen LogP contribution in [-0.4, -0.2) is 50.2 Å². The molecule has 2 aromatic carbocycles. The lowest BCUT2D eigenvalue weighted by molar-refractivity contribution is 0.111. The smallest absolute Gasteiger partial charge is 0.409 e. The first-order valence-corrected chi connectivity index (χ1v) is 10.6. The van der Waals surface area contributed by atoms with Crippen LogP contribution in [-0.2, 0) is 11.3 Å².